The van der Waals surface area contributed by atoms with Gasteiger partial charge in [0, 0.05) is 11.8 Å². The summed E-state index contributed by atoms with van der Waals surface area (Å²) in [5, 5.41) is 2.74. The van der Waals surface area contributed by atoms with Crippen LogP contribution in [0.4, 0.5) is 0 Å². The summed E-state index contributed by atoms with van der Waals surface area (Å²) < 4.78 is 5.02. The van der Waals surface area contributed by atoms with E-state index in [1.54, 1.807) is 6.92 Å². The smallest absolute Gasteiger partial charge is 0.329 e. The molecule has 0 aromatic heterocycles. The zero-order valence-corrected chi connectivity index (χ0v) is 11.0. The largest absolute Gasteiger partial charge is 0.464 e. The van der Waals surface area contributed by atoms with E-state index in [9.17, 15) is 9.59 Å². The monoisotopic (exact) mass is 241 g/mol. The van der Waals surface area contributed by atoms with Crippen molar-refractivity contribution in [3.05, 3.63) is 0 Å². The molecule has 1 rings (SSSR count). The van der Waals surface area contributed by atoms with Crippen LogP contribution in [-0.2, 0) is 14.3 Å². The van der Waals surface area contributed by atoms with E-state index in [1.807, 2.05) is 6.92 Å². The first-order valence-corrected chi connectivity index (χ1v) is 6.49. The summed E-state index contributed by atoms with van der Waals surface area (Å²) >= 11 is 0. The van der Waals surface area contributed by atoms with Crippen molar-refractivity contribution < 1.29 is 14.3 Å². The van der Waals surface area contributed by atoms with E-state index in [4.69, 9.17) is 4.74 Å². The summed E-state index contributed by atoms with van der Waals surface area (Å²) in [6.07, 6.45) is 4.65. The third-order valence-electron chi connectivity index (χ3n) is 3.44. The molecular formula is C13H23NO3. The van der Waals surface area contributed by atoms with Crippen molar-refractivity contribution in [3.8, 4) is 0 Å². The van der Waals surface area contributed by atoms with Gasteiger partial charge in [-0.15, -0.1) is 0 Å². The summed E-state index contributed by atoms with van der Waals surface area (Å²) in [5.74, 6) is -0.334. The van der Waals surface area contributed by atoms with Crippen LogP contribution < -0.4 is 5.32 Å². The number of unbranched alkanes of at least 4 members (excludes halogenated alkanes) is 2. The number of ether oxygens (including phenoxy) is 1. The van der Waals surface area contributed by atoms with Crippen molar-refractivity contribution >= 4 is 11.9 Å². The highest BCUT2D eigenvalue weighted by atomic mass is 16.5. The molecule has 0 spiro atoms. The minimum atomic E-state index is -0.466. The molecule has 1 saturated heterocycles. The number of carbonyl (C=O) groups excluding carboxylic acids is 2. The van der Waals surface area contributed by atoms with Crippen LogP contribution >= 0.6 is 0 Å². The lowest BCUT2D eigenvalue weighted by Crippen LogP contribution is -2.43. The molecule has 4 nitrogen and oxygen atoms in total. The molecule has 1 heterocycles. The highest BCUT2D eigenvalue weighted by molar-refractivity contribution is 5.89. The summed E-state index contributed by atoms with van der Waals surface area (Å²) in [7, 11) is 0. The molecule has 0 aliphatic carbocycles. The number of hydrogen-bond acceptors (Lipinski definition) is 3. The average Bonchev–Trinajstić information content (AvgIpc) is 2.55. The van der Waals surface area contributed by atoms with E-state index in [2.05, 4.69) is 12.2 Å². The van der Waals surface area contributed by atoms with Crippen LogP contribution in [0.3, 0.4) is 0 Å². The number of nitrogens with one attached hydrogen (secondary N) is 1. The second-order valence-corrected chi connectivity index (χ2v) is 5.04. The minimum absolute atomic E-state index is 0.0398. The van der Waals surface area contributed by atoms with Gasteiger partial charge in [-0.25, -0.2) is 4.79 Å². The highest BCUT2D eigenvalue weighted by Gasteiger charge is 2.47. The molecule has 0 bridgehead atoms. The summed E-state index contributed by atoms with van der Waals surface area (Å²) in [5.41, 5.74) is -0.279. The third kappa shape index (κ3) is 3.45. The molecular weight excluding hydrogens is 218 g/mol. The molecule has 1 aliphatic heterocycles. The number of hydrogen-bond donors (Lipinski definition) is 1. The fourth-order valence-electron chi connectivity index (χ4n) is 2.44. The Morgan fingerprint density at radius 1 is 1.47 bits per heavy atom. The Balaban J connectivity index is 2.65. The fourth-order valence-corrected chi connectivity index (χ4v) is 2.44. The standard InChI is InChI=1S/C13H23NO3/c1-4-6-7-8-13(3)9-10(15)14-11(13)12(16)17-5-2/h11H,4-9H2,1-3H3,(H,14,15). The van der Waals surface area contributed by atoms with Crippen molar-refractivity contribution in [2.75, 3.05) is 6.61 Å². The Labute approximate surface area is 103 Å². The fraction of sp³-hybridized carbons (Fsp3) is 0.846. The van der Waals surface area contributed by atoms with E-state index < -0.39 is 6.04 Å². The lowest BCUT2D eigenvalue weighted by molar-refractivity contribution is -0.148. The zero-order chi connectivity index (χ0) is 12.9. The van der Waals surface area contributed by atoms with Crippen molar-refractivity contribution in [2.24, 2.45) is 5.41 Å². The van der Waals surface area contributed by atoms with Gasteiger partial charge >= 0.3 is 5.97 Å². The summed E-state index contributed by atoms with van der Waals surface area (Å²) in [4.78, 5) is 23.3. The Hall–Kier alpha value is -1.06. The number of amides is 1. The Morgan fingerprint density at radius 3 is 2.76 bits per heavy atom. The van der Waals surface area contributed by atoms with Gasteiger partial charge in [0.25, 0.3) is 0 Å². The van der Waals surface area contributed by atoms with Gasteiger partial charge in [0.2, 0.25) is 5.91 Å². The van der Waals surface area contributed by atoms with Crippen molar-refractivity contribution in [3.63, 3.8) is 0 Å². The Bertz CT molecular complexity index is 290. The van der Waals surface area contributed by atoms with Gasteiger partial charge in [-0.05, 0) is 13.3 Å². The van der Waals surface area contributed by atoms with E-state index in [1.165, 1.54) is 0 Å². The minimum Gasteiger partial charge on any atom is -0.464 e. The first-order valence-electron chi connectivity index (χ1n) is 6.49. The van der Waals surface area contributed by atoms with Crippen LogP contribution in [0.1, 0.15) is 52.9 Å². The van der Waals surface area contributed by atoms with Gasteiger partial charge in [0.15, 0.2) is 0 Å². The van der Waals surface area contributed by atoms with Crippen molar-refractivity contribution in [2.45, 2.75) is 58.9 Å². The normalized spacial score (nSPS) is 27.9. The second kappa shape index (κ2) is 6.03. The zero-order valence-electron chi connectivity index (χ0n) is 11.0. The summed E-state index contributed by atoms with van der Waals surface area (Å²) in [6.45, 7) is 6.28. The van der Waals surface area contributed by atoms with Gasteiger partial charge in [0.05, 0.1) is 6.61 Å². The highest BCUT2D eigenvalue weighted by Crippen LogP contribution is 2.37. The molecule has 98 valence electrons. The van der Waals surface area contributed by atoms with E-state index in [-0.39, 0.29) is 17.3 Å². The second-order valence-electron chi connectivity index (χ2n) is 5.04. The van der Waals surface area contributed by atoms with E-state index in [0.717, 1.165) is 25.7 Å². The van der Waals surface area contributed by atoms with Gasteiger partial charge < -0.3 is 10.1 Å². The van der Waals surface area contributed by atoms with Crippen LogP contribution in [0.15, 0.2) is 0 Å². The SMILES string of the molecule is CCCCCC1(C)CC(=O)NC1C(=O)OCC. The van der Waals surface area contributed by atoms with E-state index in [0.29, 0.717) is 13.0 Å². The van der Waals surface area contributed by atoms with Crippen LogP contribution in [0.2, 0.25) is 0 Å². The maximum Gasteiger partial charge on any atom is 0.329 e. The first-order chi connectivity index (χ1) is 8.03. The molecule has 2 unspecified atom stereocenters. The molecule has 0 aromatic carbocycles. The topological polar surface area (TPSA) is 55.4 Å². The Morgan fingerprint density at radius 2 is 2.18 bits per heavy atom. The number of rotatable bonds is 6. The number of esters is 1. The predicted molar refractivity (Wildman–Crippen MR) is 65.4 cm³/mol. The molecule has 17 heavy (non-hydrogen) atoms. The lowest BCUT2D eigenvalue weighted by atomic mass is 9.78. The van der Waals surface area contributed by atoms with Gasteiger partial charge in [-0.2, -0.15) is 0 Å². The summed E-state index contributed by atoms with van der Waals surface area (Å²) in [6, 6.07) is -0.466. The molecule has 0 radical (unpaired) electrons. The van der Waals surface area contributed by atoms with Crippen molar-refractivity contribution in [1.29, 1.82) is 0 Å². The third-order valence-corrected chi connectivity index (χ3v) is 3.44. The quantitative estimate of drug-likeness (QED) is 0.572. The van der Waals surface area contributed by atoms with Gasteiger partial charge in [-0.1, -0.05) is 33.1 Å². The maximum absolute atomic E-state index is 11.8. The first kappa shape index (κ1) is 14.0. The molecule has 1 amide bonds. The number of carbonyl (C=O) groups is 2. The van der Waals surface area contributed by atoms with Crippen LogP contribution in [0.25, 0.3) is 0 Å². The van der Waals surface area contributed by atoms with E-state index >= 15 is 0 Å². The van der Waals surface area contributed by atoms with Crippen molar-refractivity contribution in [1.82, 2.24) is 5.32 Å². The molecule has 0 saturated carbocycles. The van der Waals surface area contributed by atoms with Crippen LogP contribution in [0.5, 0.6) is 0 Å². The van der Waals surface area contributed by atoms with Gasteiger partial charge in [-0.3, -0.25) is 4.79 Å². The van der Waals surface area contributed by atoms with Crippen LogP contribution in [-0.4, -0.2) is 24.5 Å². The lowest BCUT2D eigenvalue weighted by Gasteiger charge is -2.28. The predicted octanol–water partition coefficient (Wildman–Crippen LogP) is 2.02. The molecule has 4 heteroatoms. The molecule has 1 aliphatic rings. The maximum atomic E-state index is 11.8. The van der Waals surface area contributed by atoms with Gasteiger partial charge in [0.1, 0.15) is 6.04 Å². The molecule has 1 N–H and O–H groups in total. The average molecular weight is 241 g/mol. The molecule has 1 fully saturated rings. The molecule has 2 atom stereocenters. The Kier molecular flexibility index (Phi) is 4.97. The van der Waals surface area contributed by atoms with Crippen LogP contribution in [0, 0.1) is 5.41 Å². The molecule has 0 aromatic rings.